The Hall–Kier alpha value is -1.16. The van der Waals surface area contributed by atoms with Gasteiger partial charge in [-0.05, 0) is 31.6 Å². The average Bonchev–Trinajstić information content (AvgIpc) is 2.12. The summed E-state index contributed by atoms with van der Waals surface area (Å²) in [5.41, 5.74) is 0.823. The van der Waals surface area contributed by atoms with Gasteiger partial charge in [-0.2, -0.15) is 0 Å². The van der Waals surface area contributed by atoms with Crippen LogP contribution in [-0.4, -0.2) is 17.0 Å². The number of hydrogen-bond acceptors (Lipinski definition) is 3. The zero-order valence-corrected chi connectivity index (χ0v) is 9.12. The molecule has 4 heteroatoms. The molecule has 0 atom stereocenters. The summed E-state index contributed by atoms with van der Waals surface area (Å²) in [6.07, 6.45) is 6.49. The predicted molar refractivity (Wildman–Crippen MR) is 59.6 cm³/mol. The summed E-state index contributed by atoms with van der Waals surface area (Å²) >= 11 is 3.45. The average molecular weight is 214 g/mol. The molecule has 1 N–H and O–H groups in total. The first kappa shape index (κ1) is 12.8. The first-order valence-electron chi connectivity index (χ1n) is 4.11. The number of thiol groups is 1. The van der Waals surface area contributed by atoms with E-state index in [0.717, 1.165) is 5.57 Å². The fourth-order valence-electron chi connectivity index (χ4n) is 0.678. The number of aliphatic hydroxyl groups is 1. The van der Waals surface area contributed by atoms with Crippen molar-refractivity contribution in [3.05, 3.63) is 35.6 Å². The van der Waals surface area contributed by atoms with Crippen molar-refractivity contribution in [3.63, 3.8) is 0 Å². The molecule has 0 bridgehead atoms. The second kappa shape index (κ2) is 7.26. The molecule has 0 saturated carbocycles. The monoisotopic (exact) mass is 214 g/mol. The lowest BCUT2D eigenvalue weighted by Gasteiger charge is -1.99. The summed E-state index contributed by atoms with van der Waals surface area (Å²) in [5.74, 6) is 0.157. The van der Waals surface area contributed by atoms with Crippen LogP contribution in [0.4, 0.5) is 4.79 Å². The minimum Gasteiger partial charge on any atom is -0.508 e. The van der Waals surface area contributed by atoms with Crippen molar-refractivity contribution in [2.24, 2.45) is 0 Å². The third-order valence-electron chi connectivity index (χ3n) is 1.30. The molecule has 0 aromatic carbocycles. The van der Waals surface area contributed by atoms with E-state index in [1.807, 2.05) is 6.92 Å². The molecule has 0 aromatic heterocycles. The largest absolute Gasteiger partial charge is 0.508 e. The van der Waals surface area contributed by atoms with Gasteiger partial charge < -0.3 is 9.84 Å². The van der Waals surface area contributed by atoms with E-state index in [1.54, 1.807) is 25.2 Å². The Bertz CT molecular complexity index is 277. The van der Waals surface area contributed by atoms with Crippen LogP contribution in [0.15, 0.2) is 35.6 Å². The van der Waals surface area contributed by atoms with E-state index in [9.17, 15) is 9.90 Å². The molecule has 3 nitrogen and oxygen atoms in total. The summed E-state index contributed by atoms with van der Waals surface area (Å²) in [6, 6.07) is 0. The van der Waals surface area contributed by atoms with Crippen molar-refractivity contribution in [3.8, 4) is 0 Å². The van der Waals surface area contributed by atoms with Gasteiger partial charge in [0.25, 0.3) is 0 Å². The highest BCUT2D eigenvalue weighted by Crippen LogP contribution is 1.99. The summed E-state index contributed by atoms with van der Waals surface area (Å²) in [4.78, 5) is 10.3. The summed E-state index contributed by atoms with van der Waals surface area (Å²) in [7, 11) is 0. The molecule has 0 aromatic rings. The highest BCUT2D eigenvalue weighted by atomic mass is 32.1. The molecule has 0 unspecified atom stereocenters. The van der Waals surface area contributed by atoms with Crippen LogP contribution in [0.1, 0.15) is 13.8 Å². The summed E-state index contributed by atoms with van der Waals surface area (Å²) in [5, 5.41) is 8.57. The van der Waals surface area contributed by atoms with E-state index in [-0.39, 0.29) is 12.4 Å². The number of hydrogen-bond donors (Lipinski definition) is 2. The fourth-order valence-corrected chi connectivity index (χ4v) is 0.742. The van der Waals surface area contributed by atoms with E-state index >= 15 is 0 Å². The Labute approximate surface area is 89.2 Å². The number of allylic oxidation sites excluding steroid dienone is 4. The normalized spacial score (nSPS) is 13.4. The van der Waals surface area contributed by atoms with Gasteiger partial charge >= 0.3 is 5.30 Å². The van der Waals surface area contributed by atoms with Gasteiger partial charge in [-0.15, -0.1) is 0 Å². The van der Waals surface area contributed by atoms with E-state index in [1.165, 1.54) is 6.08 Å². The highest BCUT2D eigenvalue weighted by molar-refractivity contribution is 7.96. The van der Waals surface area contributed by atoms with E-state index in [2.05, 4.69) is 17.4 Å². The molecule has 0 aliphatic carbocycles. The van der Waals surface area contributed by atoms with Crippen LogP contribution in [-0.2, 0) is 4.74 Å². The van der Waals surface area contributed by atoms with E-state index in [4.69, 9.17) is 0 Å². The topological polar surface area (TPSA) is 46.5 Å². The van der Waals surface area contributed by atoms with Crippen LogP contribution in [0.2, 0.25) is 0 Å². The smallest absolute Gasteiger partial charge is 0.364 e. The third kappa shape index (κ3) is 7.49. The first-order valence-corrected chi connectivity index (χ1v) is 4.55. The molecule has 0 saturated heterocycles. The Morgan fingerprint density at radius 2 is 2.14 bits per heavy atom. The fraction of sp³-hybridized carbons (Fsp3) is 0.300. The Morgan fingerprint density at radius 3 is 2.64 bits per heavy atom. The molecular formula is C10H14O3S. The van der Waals surface area contributed by atoms with Crippen LogP contribution in [0.5, 0.6) is 0 Å². The number of rotatable bonds is 4. The molecule has 0 aliphatic rings. The Morgan fingerprint density at radius 1 is 1.50 bits per heavy atom. The van der Waals surface area contributed by atoms with Gasteiger partial charge in [0.2, 0.25) is 0 Å². The second-order valence-corrected chi connectivity index (χ2v) is 3.02. The quantitative estimate of drug-likeness (QED) is 0.327. The summed E-state index contributed by atoms with van der Waals surface area (Å²) in [6.45, 7) is 3.78. The standard InChI is InChI=1S/C10H14O3S/c1-3-4-9(11)6-5-8(2)7-13-10(12)14/h3-6,11H,7H2,1-2H3,(H,12,14)/b4-3+,8-5+,9-6+. The van der Waals surface area contributed by atoms with Gasteiger partial charge in [0.15, 0.2) is 0 Å². The van der Waals surface area contributed by atoms with Gasteiger partial charge in [0.1, 0.15) is 12.4 Å². The van der Waals surface area contributed by atoms with Crippen LogP contribution >= 0.6 is 12.6 Å². The molecule has 0 aliphatic heterocycles. The second-order valence-electron chi connectivity index (χ2n) is 2.66. The molecule has 0 fully saturated rings. The molecule has 0 rings (SSSR count). The lowest BCUT2D eigenvalue weighted by Crippen LogP contribution is -1.97. The maximum Gasteiger partial charge on any atom is 0.364 e. The Balaban J connectivity index is 4.10. The van der Waals surface area contributed by atoms with Crippen LogP contribution in [0.3, 0.4) is 0 Å². The lowest BCUT2D eigenvalue weighted by atomic mass is 10.3. The number of carbonyl (C=O) groups is 1. The van der Waals surface area contributed by atoms with Gasteiger partial charge in [0, 0.05) is 0 Å². The van der Waals surface area contributed by atoms with Crippen LogP contribution in [0.25, 0.3) is 0 Å². The van der Waals surface area contributed by atoms with Crippen LogP contribution in [0, 0.1) is 0 Å². The zero-order valence-electron chi connectivity index (χ0n) is 8.23. The van der Waals surface area contributed by atoms with Crippen molar-refractivity contribution in [2.75, 3.05) is 6.61 Å². The zero-order chi connectivity index (χ0) is 11.0. The number of ether oxygens (including phenoxy) is 1. The number of aliphatic hydroxyl groups excluding tert-OH is 1. The van der Waals surface area contributed by atoms with Crippen molar-refractivity contribution >= 4 is 17.9 Å². The van der Waals surface area contributed by atoms with E-state index < -0.39 is 5.30 Å². The van der Waals surface area contributed by atoms with Crippen molar-refractivity contribution in [1.82, 2.24) is 0 Å². The molecule has 0 radical (unpaired) electrons. The minimum absolute atomic E-state index is 0.157. The molecule has 0 amide bonds. The Kier molecular flexibility index (Phi) is 6.66. The molecule has 78 valence electrons. The van der Waals surface area contributed by atoms with Gasteiger partial charge in [-0.25, -0.2) is 4.79 Å². The van der Waals surface area contributed by atoms with E-state index in [0.29, 0.717) is 0 Å². The van der Waals surface area contributed by atoms with Gasteiger partial charge in [-0.3, -0.25) is 0 Å². The lowest BCUT2D eigenvalue weighted by molar-refractivity contribution is 0.185. The van der Waals surface area contributed by atoms with Crippen molar-refractivity contribution < 1.29 is 14.6 Å². The SMILES string of the molecule is C/C=C/C(O)=C\C=C(/C)COC(=O)S. The minimum atomic E-state index is -0.612. The van der Waals surface area contributed by atoms with Gasteiger partial charge in [-0.1, -0.05) is 24.8 Å². The molecule has 0 heterocycles. The maximum atomic E-state index is 10.3. The molecule has 0 spiro atoms. The number of carbonyl (C=O) groups excluding carboxylic acids is 1. The van der Waals surface area contributed by atoms with Crippen molar-refractivity contribution in [2.45, 2.75) is 13.8 Å². The maximum absolute atomic E-state index is 10.3. The van der Waals surface area contributed by atoms with Gasteiger partial charge in [0.05, 0.1) is 0 Å². The van der Waals surface area contributed by atoms with Crippen LogP contribution < -0.4 is 0 Å². The molecule has 14 heavy (non-hydrogen) atoms. The first-order chi connectivity index (χ1) is 6.56. The van der Waals surface area contributed by atoms with Crippen molar-refractivity contribution in [1.29, 1.82) is 0 Å². The summed E-state index contributed by atoms with van der Waals surface area (Å²) < 4.78 is 4.62. The third-order valence-corrected chi connectivity index (χ3v) is 1.43. The highest BCUT2D eigenvalue weighted by Gasteiger charge is 1.93. The predicted octanol–water partition coefficient (Wildman–Crippen LogP) is 3.02. The molecular weight excluding hydrogens is 200 g/mol.